The molecular weight excluding hydrogens is 318 g/mol. The summed E-state index contributed by atoms with van der Waals surface area (Å²) in [5.41, 5.74) is 3.05. The fourth-order valence-corrected chi connectivity index (χ4v) is 4.18. The summed E-state index contributed by atoms with van der Waals surface area (Å²) < 4.78 is 5.99. The van der Waals surface area contributed by atoms with E-state index in [1.807, 2.05) is 24.3 Å². The molecule has 0 radical (unpaired) electrons. The number of benzene rings is 1. The van der Waals surface area contributed by atoms with Crippen molar-refractivity contribution in [3.63, 3.8) is 0 Å². The topological polar surface area (TPSA) is 42.2 Å². The molecule has 4 rings (SSSR count). The Kier molecular flexibility index (Phi) is 4.37. The van der Waals surface area contributed by atoms with E-state index in [0.717, 1.165) is 43.0 Å². The number of fused-ring (bicyclic) bond motifs is 1. The summed E-state index contributed by atoms with van der Waals surface area (Å²) in [5, 5.41) is 3.44. The molecule has 5 heteroatoms. The summed E-state index contributed by atoms with van der Waals surface area (Å²) >= 11 is 1.78. The molecule has 0 aliphatic carbocycles. The Morgan fingerprint density at radius 3 is 2.96 bits per heavy atom. The highest BCUT2D eigenvalue weighted by molar-refractivity contribution is 7.09. The van der Waals surface area contributed by atoms with Gasteiger partial charge in [0.1, 0.15) is 5.52 Å². The van der Waals surface area contributed by atoms with Crippen LogP contribution in [0.2, 0.25) is 0 Å². The Balaban J connectivity index is 1.46. The van der Waals surface area contributed by atoms with E-state index < -0.39 is 0 Å². The first-order chi connectivity index (χ1) is 11.7. The second-order valence-corrected chi connectivity index (χ2v) is 7.82. The van der Waals surface area contributed by atoms with E-state index in [2.05, 4.69) is 24.1 Å². The summed E-state index contributed by atoms with van der Waals surface area (Å²) in [5.74, 6) is 1.79. The van der Waals surface area contributed by atoms with Gasteiger partial charge in [0.15, 0.2) is 11.5 Å². The summed E-state index contributed by atoms with van der Waals surface area (Å²) in [7, 11) is 0. The third-order valence-electron chi connectivity index (χ3n) is 4.61. The minimum absolute atomic E-state index is 0.384. The quantitative estimate of drug-likeness (QED) is 0.684. The molecule has 1 saturated heterocycles. The minimum atomic E-state index is 0.384. The molecule has 0 unspecified atom stereocenters. The van der Waals surface area contributed by atoms with Crippen LogP contribution in [0.4, 0.5) is 0 Å². The van der Waals surface area contributed by atoms with Crippen LogP contribution >= 0.6 is 11.3 Å². The van der Waals surface area contributed by atoms with Crippen LogP contribution in [0.3, 0.4) is 0 Å². The van der Waals surface area contributed by atoms with Crippen molar-refractivity contribution in [2.75, 3.05) is 13.1 Å². The molecule has 3 aromatic rings. The highest BCUT2D eigenvalue weighted by atomic mass is 32.1. The number of oxazole rings is 1. The van der Waals surface area contributed by atoms with Crippen molar-refractivity contribution in [1.82, 2.24) is 14.9 Å². The molecule has 1 aliphatic heterocycles. The fraction of sp³-hybridized carbons (Fsp3) is 0.474. The smallest absolute Gasteiger partial charge is 0.199 e. The van der Waals surface area contributed by atoms with Crippen molar-refractivity contribution >= 4 is 22.4 Å². The Labute approximate surface area is 146 Å². The average Bonchev–Trinajstić information content (AvgIpc) is 3.21. The first kappa shape index (κ1) is 15.8. The number of thiazole rings is 1. The van der Waals surface area contributed by atoms with Crippen LogP contribution in [0.15, 0.2) is 34.1 Å². The molecule has 24 heavy (non-hydrogen) atoms. The summed E-state index contributed by atoms with van der Waals surface area (Å²) in [6.45, 7) is 7.46. The largest absolute Gasteiger partial charge is 0.440 e. The molecule has 0 saturated carbocycles. The molecule has 0 amide bonds. The number of likely N-dealkylation sites (tertiary alicyclic amines) is 1. The zero-order chi connectivity index (χ0) is 16.5. The Bertz CT molecular complexity index is 790. The molecule has 1 fully saturated rings. The van der Waals surface area contributed by atoms with Crippen LogP contribution in [0.25, 0.3) is 11.1 Å². The maximum Gasteiger partial charge on any atom is 0.199 e. The third kappa shape index (κ3) is 3.23. The normalized spacial score (nSPS) is 19.4. The van der Waals surface area contributed by atoms with Crippen LogP contribution in [0, 0.1) is 0 Å². The predicted octanol–water partition coefficient (Wildman–Crippen LogP) is 4.79. The molecule has 126 valence electrons. The van der Waals surface area contributed by atoms with Crippen LogP contribution in [-0.4, -0.2) is 28.0 Å². The fourth-order valence-electron chi connectivity index (χ4n) is 3.35. The molecule has 3 heterocycles. The van der Waals surface area contributed by atoms with Crippen molar-refractivity contribution in [3.8, 4) is 0 Å². The monoisotopic (exact) mass is 341 g/mol. The van der Waals surface area contributed by atoms with Gasteiger partial charge in [0.05, 0.1) is 10.7 Å². The lowest BCUT2D eigenvalue weighted by Gasteiger charge is -2.30. The van der Waals surface area contributed by atoms with Crippen LogP contribution in [-0.2, 0) is 6.54 Å². The Hall–Kier alpha value is -1.72. The van der Waals surface area contributed by atoms with Gasteiger partial charge in [-0.2, -0.15) is 0 Å². The van der Waals surface area contributed by atoms with Crippen LogP contribution < -0.4 is 0 Å². The second kappa shape index (κ2) is 6.65. The van der Waals surface area contributed by atoms with E-state index in [1.54, 1.807) is 11.3 Å². The van der Waals surface area contributed by atoms with Gasteiger partial charge < -0.3 is 4.42 Å². The SMILES string of the molecule is CC(C)c1nc(CN2CCC[C@@H](c3nc4ccccc4o3)C2)cs1. The predicted molar refractivity (Wildman–Crippen MR) is 97.5 cm³/mol. The lowest BCUT2D eigenvalue weighted by atomic mass is 9.98. The number of rotatable bonds is 4. The average molecular weight is 341 g/mol. The summed E-state index contributed by atoms with van der Waals surface area (Å²) in [6, 6.07) is 8.02. The molecular formula is C19H23N3OS. The molecule has 0 spiro atoms. The van der Waals surface area contributed by atoms with E-state index in [9.17, 15) is 0 Å². The van der Waals surface area contributed by atoms with Gasteiger partial charge in [-0.05, 0) is 31.5 Å². The molecule has 4 nitrogen and oxygen atoms in total. The lowest BCUT2D eigenvalue weighted by Crippen LogP contribution is -2.34. The van der Waals surface area contributed by atoms with Gasteiger partial charge in [-0.25, -0.2) is 9.97 Å². The van der Waals surface area contributed by atoms with E-state index in [0.29, 0.717) is 11.8 Å². The molecule has 1 aliphatic rings. The number of piperidine rings is 1. The van der Waals surface area contributed by atoms with Crippen LogP contribution in [0.5, 0.6) is 0 Å². The van der Waals surface area contributed by atoms with Crippen molar-refractivity contribution in [1.29, 1.82) is 0 Å². The molecule has 1 atom stereocenters. The number of para-hydroxylation sites is 2. The van der Waals surface area contributed by atoms with Gasteiger partial charge in [0, 0.05) is 30.3 Å². The van der Waals surface area contributed by atoms with Gasteiger partial charge in [0.2, 0.25) is 0 Å². The maximum absolute atomic E-state index is 5.99. The zero-order valence-corrected chi connectivity index (χ0v) is 15.1. The zero-order valence-electron chi connectivity index (χ0n) is 14.2. The van der Waals surface area contributed by atoms with Crippen molar-refractivity contribution in [3.05, 3.63) is 46.2 Å². The van der Waals surface area contributed by atoms with Gasteiger partial charge in [-0.1, -0.05) is 26.0 Å². The van der Waals surface area contributed by atoms with Gasteiger partial charge in [-0.15, -0.1) is 11.3 Å². The lowest BCUT2D eigenvalue weighted by molar-refractivity contribution is 0.185. The standard InChI is InChI=1S/C19H23N3OS/c1-13(2)19-20-15(12-24-19)11-22-9-5-6-14(10-22)18-21-16-7-3-4-8-17(16)23-18/h3-4,7-8,12-14H,5-6,9-11H2,1-2H3/t14-/m1/s1. The second-order valence-electron chi connectivity index (χ2n) is 6.93. The number of nitrogens with zero attached hydrogens (tertiary/aromatic N) is 3. The number of hydrogen-bond acceptors (Lipinski definition) is 5. The van der Waals surface area contributed by atoms with Crippen LogP contribution in [0.1, 0.15) is 55.1 Å². The highest BCUT2D eigenvalue weighted by Crippen LogP contribution is 2.30. The number of hydrogen-bond donors (Lipinski definition) is 0. The minimum Gasteiger partial charge on any atom is -0.440 e. The molecule has 0 bridgehead atoms. The Morgan fingerprint density at radius 1 is 1.29 bits per heavy atom. The van der Waals surface area contributed by atoms with Gasteiger partial charge >= 0.3 is 0 Å². The molecule has 0 N–H and O–H groups in total. The van der Waals surface area contributed by atoms with E-state index in [-0.39, 0.29) is 0 Å². The third-order valence-corrected chi connectivity index (χ3v) is 5.81. The first-order valence-corrected chi connectivity index (χ1v) is 9.59. The van der Waals surface area contributed by atoms with Crippen molar-refractivity contribution in [2.45, 2.75) is 45.1 Å². The Morgan fingerprint density at radius 2 is 2.17 bits per heavy atom. The van der Waals surface area contributed by atoms with E-state index in [4.69, 9.17) is 14.4 Å². The first-order valence-electron chi connectivity index (χ1n) is 8.71. The van der Waals surface area contributed by atoms with Crippen molar-refractivity contribution < 1.29 is 4.42 Å². The van der Waals surface area contributed by atoms with Gasteiger partial charge in [-0.3, -0.25) is 4.90 Å². The maximum atomic E-state index is 5.99. The van der Waals surface area contributed by atoms with Crippen molar-refractivity contribution in [2.24, 2.45) is 0 Å². The van der Waals surface area contributed by atoms with Gasteiger partial charge in [0.25, 0.3) is 0 Å². The molecule has 2 aromatic heterocycles. The van der Waals surface area contributed by atoms with E-state index >= 15 is 0 Å². The summed E-state index contributed by atoms with van der Waals surface area (Å²) in [6.07, 6.45) is 2.34. The molecule has 1 aromatic carbocycles. The number of aromatic nitrogens is 2. The summed E-state index contributed by atoms with van der Waals surface area (Å²) in [4.78, 5) is 12.0. The highest BCUT2D eigenvalue weighted by Gasteiger charge is 2.26. The van der Waals surface area contributed by atoms with E-state index in [1.165, 1.54) is 17.1 Å².